The largest absolute Gasteiger partial charge is 0.490 e. The van der Waals surface area contributed by atoms with Gasteiger partial charge < -0.3 is 10.1 Å². The summed E-state index contributed by atoms with van der Waals surface area (Å²) in [7, 11) is 0. The minimum Gasteiger partial charge on any atom is -0.490 e. The molecule has 4 nitrogen and oxygen atoms in total. The van der Waals surface area contributed by atoms with Gasteiger partial charge in [-0.2, -0.15) is 5.10 Å². The zero-order chi connectivity index (χ0) is 13.9. The predicted octanol–water partition coefficient (Wildman–Crippen LogP) is 3.17. The van der Waals surface area contributed by atoms with Crippen LogP contribution in [-0.2, 0) is 0 Å². The molecule has 0 amide bonds. The molecular formula is C16H23N3O. The Labute approximate surface area is 119 Å². The van der Waals surface area contributed by atoms with Gasteiger partial charge in [-0.25, -0.2) is 0 Å². The summed E-state index contributed by atoms with van der Waals surface area (Å²) in [6.07, 6.45) is 6.99. The van der Waals surface area contributed by atoms with E-state index >= 15 is 0 Å². The fourth-order valence-corrected chi connectivity index (χ4v) is 3.17. The predicted molar refractivity (Wildman–Crippen MR) is 81.2 cm³/mol. The van der Waals surface area contributed by atoms with E-state index in [4.69, 9.17) is 4.74 Å². The van der Waals surface area contributed by atoms with Crippen LogP contribution in [0.25, 0.3) is 10.9 Å². The van der Waals surface area contributed by atoms with Crippen molar-refractivity contribution >= 4 is 10.9 Å². The molecule has 1 saturated carbocycles. The first kappa shape index (κ1) is 13.4. The van der Waals surface area contributed by atoms with Crippen LogP contribution >= 0.6 is 0 Å². The second-order valence-corrected chi connectivity index (χ2v) is 5.68. The second kappa shape index (κ2) is 5.83. The Kier molecular flexibility index (Phi) is 3.92. The molecule has 2 N–H and O–H groups in total. The number of hydrogen-bond acceptors (Lipinski definition) is 3. The lowest BCUT2D eigenvalue weighted by Crippen LogP contribution is -2.38. The number of aromatic nitrogens is 2. The van der Waals surface area contributed by atoms with Crippen LogP contribution in [0.3, 0.4) is 0 Å². The summed E-state index contributed by atoms with van der Waals surface area (Å²) in [6.45, 7) is 5.32. The SMILES string of the molecule is CCN[C@@H]1CCC[C@@H](Oc2ccc3[nH]ncc3c2C)C1. The maximum atomic E-state index is 6.26. The van der Waals surface area contributed by atoms with Crippen molar-refractivity contribution in [3.05, 3.63) is 23.9 Å². The minimum absolute atomic E-state index is 0.329. The van der Waals surface area contributed by atoms with Crippen molar-refractivity contribution in [1.29, 1.82) is 0 Å². The molecule has 1 fully saturated rings. The van der Waals surface area contributed by atoms with Gasteiger partial charge in [-0.3, -0.25) is 5.10 Å². The quantitative estimate of drug-likeness (QED) is 0.899. The molecule has 4 heteroatoms. The van der Waals surface area contributed by atoms with Gasteiger partial charge in [0.2, 0.25) is 0 Å². The van der Waals surface area contributed by atoms with E-state index in [0.717, 1.165) is 36.0 Å². The summed E-state index contributed by atoms with van der Waals surface area (Å²) in [5.74, 6) is 1.00. The molecule has 0 radical (unpaired) electrons. The van der Waals surface area contributed by atoms with Crippen LogP contribution in [0.4, 0.5) is 0 Å². The average molecular weight is 273 g/mol. The van der Waals surface area contributed by atoms with E-state index < -0.39 is 0 Å². The van der Waals surface area contributed by atoms with Crippen LogP contribution in [0.5, 0.6) is 5.75 Å². The van der Waals surface area contributed by atoms with E-state index in [1.807, 2.05) is 6.20 Å². The van der Waals surface area contributed by atoms with Gasteiger partial charge in [0.05, 0.1) is 11.7 Å². The maximum absolute atomic E-state index is 6.26. The van der Waals surface area contributed by atoms with Gasteiger partial charge in [0, 0.05) is 17.0 Å². The molecular weight excluding hydrogens is 250 g/mol. The van der Waals surface area contributed by atoms with Crippen molar-refractivity contribution in [2.24, 2.45) is 0 Å². The van der Waals surface area contributed by atoms with E-state index in [1.54, 1.807) is 0 Å². The van der Waals surface area contributed by atoms with Crippen molar-refractivity contribution in [3.63, 3.8) is 0 Å². The minimum atomic E-state index is 0.329. The molecule has 1 aromatic heterocycles. The van der Waals surface area contributed by atoms with Gasteiger partial charge in [-0.05, 0) is 51.3 Å². The number of ether oxygens (including phenoxy) is 1. The first-order valence-corrected chi connectivity index (χ1v) is 7.60. The molecule has 0 spiro atoms. The Balaban J connectivity index is 1.73. The van der Waals surface area contributed by atoms with E-state index in [-0.39, 0.29) is 0 Å². The summed E-state index contributed by atoms with van der Waals surface area (Å²) >= 11 is 0. The van der Waals surface area contributed by atoms with Gasteiger partial charge in [0.15, 0.2) is 0 Å². The Bertz CT molecular complexity index is 576. The van der Waals surface area contributed by atoms with E-state index in [1.165, 1.54) is 18.4 Å². The monoisotopic (exact) mass is 273 g/mol. The van der Waals surface area contributed by atoms with Crippen LogP contribution in [0.1, 0.15) is 38.2 Å². The van der Waals surface area contributed by atoms with Crippen molar-refractivity contribution in [2.45, 2.75) is 51.7 Å². The van der Waals surface area contributed by atoms with Crippen molar-refractivity contribution < 1.29 is 4.74 Å². The second-order valence-electron chi connectivity index (χ2n) is 5.68. The molecule has 1 aliphatic carbocycles. The molecule has 2 aromatic rings. The Morgan fingerprint density at radius 3 is 3.15 bits per heavy atom. The smallest absolute Gasteiger partial charge is 0.123 e. The molecule has 0 bridgehead atoms. The van der Waals surface area contributed by atoms with Crippen LogP contribution in [0, 0.1) is 6.92 Å². The first-order chi connectivity index (χ1) is 9.78. The highest BCUT2D eigenvalue weighted by molar-refractivity contribution is 5.83. The third-order valence-electron chi connectivity index (χ3n) is 4.26. The molecule has 0 aliphatic heterocycles. The highest BCUT2D eigenvalue weighted by Crippen LogP contribution is 2.29. The van der Waals surface area contributed by atoms with E-state index in [9.17, 15) is 0 Å². The highest BCUT2D eigenvalue weighted by atomic mass is 16.5. The van der Waals surface area contributed by atoms with Gasteiger partial charge in [-0.15, -0.1) is 0 Å². The molecule has 0 saturated heterocycles. The number of fused-ring (bicyclic) bond motifs is 1. The number of nitrogens with zero attached hydrogens (tertiary/aromatic N) is 1. The number of rotatable bonds is 4. The molecule has 1 aliphatic rings. The molecule has 0 unspecified atom stereocenters. The summed E-state index contributed by atoms with van der Waals surface area (Å²) in [5, 5.41) is 11.8. The number of hydrogen-bond donors (Lipinski definition) is 2. The lowest BCUT2D eigenvalue weighted by atomic mass is 9.92. The molecule has 20 heavy (non-hydrogen) atoms. The van der Waals surface area contributed by atoms with Crippen molar-refractivity contribution in [3.8, 4) is 5.75 Å². The zero-order valence-electron chi connectivity index (χ0n) is 12.3. The number of H-pyrrole nitrogens is 1. The number of aryl methyl sites for hydroxylation is 1. The topological polar surface area (TPSA) is 49.9 Å². The van der Waals surface area contributed by atoms with E-state index in [0.29, 0.717) is 12.1 Å². The van der Waals surface area contributed by atoms with Crippen LogP contribution in [0.2, 0.25) is 0 Å². The third-order valence-corrected chi connectivity index (χ3v) is 4.26. The van der Waals surface area contributed by atoms with Crippen LogP contribution in [-0.4, -0.2) is 28.9 Å². The summed E-state index contributed by atoms with van der Waals surface area (Å²) in [4.78, 5) is 0. The van der Waals surface area contributed by atoms with Crippen molar-refractivity contribution in [2.75, 3.05) is 6.54 Å². The van der Waals surface area contributed by atoms with Gasteiger partial charge >= 0.3 is 0 Å². The highest BCUT2D eigenvalue weighted by Gasteiger charge is 2.23. The summed E-state index contributed by atoms with van der Waals surface area (Å²) < 4.78 is 6.26. The summed E-state index contributed by atoms with van der Waals surface area (Å²) in [6, 6.07) is 4.72. The molecule has 3 rings (SSSR count). The fourth-order valence-electron chi connectivity index (χ4n) is 3.17. The Hall–Kier alpha value is -1.55. The number of nitrogens with one attached hydrogen (secondary N) is 2. The average Bonchev–Trinajstić information content (AvgIpc) is 2.92. The maximum Gasteiger partial charge on any atom is 0.123 e. The Morgan fingerprint density at radius 1 is 1.40 bits per heavy atom. The van der Waals surface area contributed by atoms with Crippen LogP contribution in [0.15, 0.2) is 18.3 Å². The Morgan fingerprint density at radius 2 is 2.30 bits per heavy atom. The van der Waals surface area contributed by atoms with Gasteiger partial charge in [-0.1, -0.05) is 6.92 Å². The van der Waals surface area contributed by atoms with E-state index in [2.05, 4.69) is 41.5 Å². The standard InChI is InChI=1S/C16H23N3O/c1-3-17-12-5-4-6-13(9-12)20-16-8-7-15-14(11(16)2)10-18-19-15/h7-8,10,12-13,17H,3-6,9H2,1-2H3,(H,18,19)/t12-,13-/m1/s1. The fraction of sp³-hybridized carbons (Fsp3) is 0.562. The molecule has 108 valence electrons. The lowest BCUT2D eigenvalue weighted by molar-refractivity contribution is 0.134. The normalized spacial score (nSPS) is 23.1. The van der Waals surface area contributed by atoms with Gasteiger partial charge in [0.25, 0.3) is 0 Å². The van der Waals surface area contributed by atoms with Crippen molar-refractivity contribution in [1.82, 2.24) is 15.5 Å². The molecule has 1 aromatic carbocycles. The third kappa shape index (κ3) is 2.66. The number of benzene rings is 1. The molecule has 2 atom stereocenters. The lowest BCUT2D eigenvalue weighted by Gasteiger charge is -2.30. The zero-order valence-corrected chi connectivity index (χ0v) is 12.3. The molecule has 1 heterocycles. The first-order valence-electron chi connectivity index (χ1n) is 7.60. The summed E-state index contributed by atoms with van der Waals surface area (Å²) in [5.41, 5.74) is 2.26. The van der Waals surface area contributed by atoms with Crippen LogP contribution < -0.4 is 10.1 Å². The number of aromatic amines is 1. The van der Waals surface area contributed by atoms with Gasteiger partial charge in [0.1, 0.15) is 11.9 Å².